The van der Waals surface area contributed by atoms with Gasteiger partial charge in [-0.3, -0.25) is 10.1 Å². The van der Waals surface area contributed by atoms with Crippen molar-refractivity contribution in [2.24, 2.45) is 0 Å². The molecule has 0 aliphatic carbocycles. The highest BCUT2D eigenvalue weighted by Crippen LogP contribution is 2.28. The Bertz CT molecular complexity index is 524. The Balaban J connectivity index is 2.50. The summed E-state index contributed by atoms with van der Waals surface area (Å²) < 4.78 is 17.3. The van der Waals surface area contributed by atoms with Crippen molar-refractivity contribution < 1.29 is 13.7 Å². The number of para-hydroxylation sites is 1. The second-order valence-electron chi connectivity index (χ2n) is 3.04. The number of hydrogen-bond donors (Lipinski definition) is 0. The van der Waals surface area contributed by atoms with Gasteiger partial charge in [-0.25, -0.2) is 9.37 Å². The van der Waals surface area contributed by atoms with Crippen molar-refractivity contribution in [2.45, 2.75) is 6.67 Å². The first kappa shape index (κ1) is 10.3. The minimum atomic E-state index is -0.784. The quantitative estimate of drug-likeness (QED) is 0.591. The van der Waals surface area contributed by atoms with Gasteiger partial charge in [0.25, 0.3) is 5.69 Å². The van der Waals surface area contributed by atoms with E-state index in [0.717, 1.165) is 0 Å². The van der Waals surface area contributed by atoms with E-state index < -0.39 is 11.6 Å². The van der Waals surface area contributed by atoms with Crippen molar-refractivity contribution in [3.8, 4) is 11.5 Å². The fourth-order valence-corrected chi connectivity index (χ4v) is 1.31. The van der Waals surface area contributed by atoms with E-state index >= 15 is 0 Å². The first-order chi connectivity index (χ1) is 7.72. The number of nitrogens with zero attached hydrogens (tertiary/aromatic N) is 2. The molecule has 0 amide bonds. The Hall–Kier alpha value is -2.24. The average molecular weight is 222 g/mol. The smallest absolute Gasteiger partial charge is 0.282 e. The molecule has 1 heterocycles. The molecule has 0 aliphatic rings. The van der Waals surface area contributed by atoms with Crippen LogP contribution in [0.2, 0.25) is 0 Å². The third-order valence-electron chi connectivity index (χ3n) is 2.02. The molecule has 1 aromatic carbocycles. The van der Waals surface area contributed by atoms with Crippen molar-refractivity contribution >= 4 is 5.69 Å². The largest absolute Gasteiger partial charge is 0.438 e. The summed E-state index contributed by atoms with van der Waals surface area (Å²) in [6.07, 6.45) is 1.21. The lowest BCUT2D eigenvalue weighted by Crippen LogP contribution is -1.91. The normalized spacial score (nSPS) is 10.3. The number of aromatic nitrogens is 1. The molecule has 5 nitrogen and oxygen atoms in total. The molecule has 0 N–H and O–H groups in total. The van der Waals surface area contributed by atoms with Gasteiger partial charge < -0.3 is 4.42 Å². The highest BCUT2D eigenvalue weighted by molar-refractivity contribution is 5.66. The molecule has 0 saturated carbocycles. The van der Waals surface area contributed by atoms with Crippen LogP contribution in [0.1, 0.15) is 5.76 Å². The molecule has 0 fully saturated rings. The molecule has 1 aromatic heterocycles. The Labute approximate surface area is 89.7 Å². The van der Waals surface area contributed by atoms with E-state index in [9.17, 15) is 14.5 Å². The van der Waals surface area contributed by atoms with E-state index in [-0.39, 0.29) is 22.9 Å². The van der Waals surface area contributed by atoms with Crippen LogP contribution in [0, 0.1) is 10.1 Å². The summed E-state index contributed by atoms with van der Waals surface area (Å²) in [5.74, 6) is 0.105. The lowest BCUT2D eigenvalue weighted by Gasteiger charge is -1.97. The van der Waals surface area contributed by atoms with Gasteiger partial charge in [-0.2, -0.15) is 0 Å². The second-order valence-corrected chi connectivity index (χ2v) is 3.04. The maximum absolute atomic E-state index is 12.2. The first-order valence-electron chi connectivity index (χ1n) is 4.47. The minimum Gasteiger partial charge on any atom is -0.438 e. The number of hydrogen-bond acceptors (Lipinski definition) is 4. The summed E-state index contributed by atoms with van der Waals surface area (Å²) in [4.78, 5) is 14.0. The van der Waals surface area contributed by atoms with Crippen LogP contribution < -0.4 is 0 Å². The van der Waals surface area contributed by atoms with E-state index in [1.165, 1.54) is 18.3 Å². The summed E-state index contributed by atoms with van der Waals surface area (Å²) >= 11 is 0. The van der Waals surface area contributed by atoms with E-state index in [4.69, 9.17) is 4.42 Å². The van der Waals surface area contributed by atoms with Gasteiger partial charge in [0.15, 0.2) is 5.76 Å². The van der Waals surface area contributed by atoms with Gasteiger partial charge in [0, 0.05) is 6.07 Å². The van der Waals surface area contributed by atoms with Crippen LogP contribution in [-0.4, -0.2) is 9.91 Å². The van der Waals surface area contributed by atoms with Crippen molar-refractivity contribution in [3.63, 3.8) is 0 Å². The molecule has 6 heteroatoms. The van der Waals surface area contributed by atoms with Crippen LogP contribution in [0.15, 0.2) is 34.9 Å². The number of oxazole rings is 1. The SMILES string of the molecule is O=[N+]([O-])c1ccccc1-c1ncc(CF)o1. The number of nitro groups is 1. The predicted octanol–water partition coefficient (Wildman–Crippen LogP) is 2.72. The van der Waals surface area contributed by atoms with Gasteiger partial charge in [-0.1, -0.05) is 12.1 Å². The molecule has 2 aromatic rings. The molecule has 0 bridgehead atoms. The maximum atomic E-state index is 12.2. The predicted molar refractivity (Wildman–Crippen MR) is 53.4 cm³/mol. The Morgan fingerprint density at radius 3 is 2.81 bits per heavy atom. The summed E-state index contributed by atoms with van der Waals surface area (Å²) in [5, 5.41) is 10.7. The van der Waals surface area contributed by atoms with Gasteiger partial charge in [-0.15, -0.1) is 0 Å². The standard InChI is InChI=1S/C10H7FN2O3/c11-5-7-6-12-10(16-7)8-3-1-2-4-9(8)13(14)15/h1-4,6H,5H2. The highest BCUT2D eigenvalue weighted by atomic mass is 19.1. The molecule has 0 unspecified atom stereocenters. The van der Waals surface area contributed by atoms with E-state index in [1.54, 1.807) is 12.1 Å². The van der Waals surface area contributed by atoms with Crippen LogP contribution in [0.4, 0.5) is 10.1 Å². The molecular weight excluding hydrogens is 215 g/mol. The molecule has 0 radical (unpaired) electrons. The van der Waals surface area contributed by atoms with Crippen LogP contribution in [-0.2, 0) is 6.67 Å². The molecule has 0 atom stereocenters. The molecule has 0 spiro atoms. The number of rotatable bonds is 3. The van der Waals surface area contributed by atoms with Crippen molar-refractivity contribution in [3.05, 3.63) is 46.3 Å². The molecule has 82 valence electrons. The van der Waals surface area contributed by atoms with Crippen molar-refractivity contribution in [2.75, 3.05) is 0 Å². The fraction of sp³-hybridized carbons (Fsp3) is 0.100. The van der Waals surface area contributed by atoms with Crippen LogP contribution in [0.3, 0.4) is 0 Å². The first-order valence-corrected chi connectivity index (χ1v) is 4.47. The third-order valence-corrected chi connectivity index (χ3v) is 2.02. The van der Waals surface area contributed by atoms with Gasteiger partial charge in [0.1, 0.15) is 12.2 Å². The van der Waals surface area contributed by atoms with E-state index in [1.807, 2.05) is 0 Å². The summed E-state index contributed by atoms with van der Waals surface area (Å²) in [5.41, 5.74) is 0.127. The van der Waals surface area contributed by atoms with Crippen molar-refractivity contribution in [1.29, 1.82) is 0 Å². The number of halogens is 1. The number of benzene rings is 1. The highest BCUT2D eigenvalue weighted by Gasteiger charge is 2.18. The van der Waals surface area contributed by atoms with Crippen LogP contribution >= 0.6 is 0 Å². The second kappa shape index (κ2) is 4.09. The topological polar surface area (TPSA) is 69.2 Å². The zero-order chi connectivity index (χ0) is 11.5. The summed E-state index contributed by atoms with van der Waals surface area (Å²) in [7, 11) is 0. The van der Waals surface area contributed by atoms with Crippen LogP contribution in [0.5, 0.6) is 0 Å². The zero-order valence-corrected chi connectivity index (χ0v) is 8.09. The molecule has 0 aliphatic heterocycles. The summed E-state index contributed by atoms with van der Waals surface area (Å²) in [6.45, 7) is -0.784. The van der Waals surface area contributed by atoms with E-state index in [0.29, 0.717) is 0 Å². The summed E-state index contributed by atoms with van der Waals surface area (Å²) in [6, 6.07) is 6.02. The van der Waals surface area contributed by atoms with Gasteiger partial charge in [0.05, 0.1) is 11.1 Å². The monoisotopic (exact) mass is 222 g/mol. The molecule has 0 saturated heterocycles. The lowest BCUT2D eigenvalue weighted by molar-refractivity contribution is -0.384. The maximum Gasteiger partial charge on any atom is 0.282 e. The molecule has 16 heavy (non-hydrogen) atoms. The minimum absolute atomic E-state index is 0.0492. The number of nitro benzene ring substituents is 1. The number of alkyl halides is 1. The molecular formula is C10H7FN2O3. The molecule has 2 rings (SSSR count). The lowest BCUT2D eigenvalue weighted by atomic mass is 10.2. The van der Waals surface area contributed by atoms with Gasteiger partial charge >= 0.3 is 0 Å². The third kappa shape index (κ3) is 1.77. The van der Waals surface area contributed by atoms with Gasteiger partial charge in [-0.05, 0) is 6.07 Å². The average Bonchev–Trinajstić information content (AvgIpc) is 2.77. The Kier molecular flexibility index (Phi) is 2.63. The zero-order valence-electron chi connectivity index (χ0n) is 8.09. The van der Waals surface area contributed by atoms with Crippen LogP contribution in [0.25, 0.3) is 11.5 Å². The Morgan fingerprint density at radius 2 is 2.19 bits per heavy atom. The van der Waals surface area contributed by atoms with Gasteiger partial charge in [0.2, 0.25) is 5.89 Å². The Morgan fingerprint density at radius 1 is 1.44 bits per heavy atom. The fourth-order valence-electron chi connectivity index (χ4n) is 1.31. The van der Waals surface area contributed by atoms with Crippen molar-refractivity contribution in [1.82, 2.24) is 4.98 Å². The van der Waals surface area contributed by atoms with E-state index in [2.05, 4.69) is 4.98 Å².